The fourth-order valence-electron chi connectivity index (χ4n) is 2.08. The Kier molecular flexibility index (Phi) is 5.24. The van der Waals surface area contributed by atoms with Crippen molar-refractivity contribution >= 4 is 21.6 Å². The molecule has 2 rings (SSSR count). The zero-order chi connectivity index (χ0) is 15.6. The van der Waals surface area contributed by atoms with Gasteiger partial charge in [-0.05, 0) is 31.4 Å². The Labute approximate surface area is 130 Å². The van der Waals surface area contributed by atoms with E-state index in [-0.39, 0.29) is 22.0 Å². The predicted octanol–water partition coefficient (Wildman–Crippen LogP) is 2.76. The molecule has 4 nitrogen and oxygen atoms in total. The van der Waals surface area contributed by atoms with Crippen molar-refractivity contribution in [3.05, 3.63) is 28.5 Å². The third kappa shape index (κ3) is 3.94. The van der Waals surface area contributed by atoms with Crippen molar-refractivity contribution in [1.29, 1.82) is 0 Å². The van der Waals surface area contributed by atoms with E-state index < -0.39 is 15.8 Å². The van der Waals surface area contributed by atoms with Gasteiger partial charge in [0.25, 0.3) is 0 Å². The topological polar surface area (TPSA) is 49.4 Å². The van der Waals surface area contributed by atoms with Gasteiger partial charge in [-0.25, -0.2) is 17.1 Å². The van der Waals surface area contributed by atoms with Crippen LogP contribution in [0.5, 0.6) is 0 Å². The Morgan fingerprint density at radius 1 is 1.43 bits per heavy atom. The van der Waals surface area contributed by atoms with E-state index in [0.717, 1.165) is 17.1 Å². The maximum atomic E-state index is 14.5. The van der Waals surface area contributed by atoms with E-state index >= 15 is 0 Å². The Balaban J connectivity index is 2.33. The van der Waals surface area contributed by atoms with Gasteiger partial charge in [0.05, 0.1) is 0 Å². The number of halogens is 2. The number of hydrogen-bond acceptors (Lipinski definition) is 3. The van der Waals surface area contributed by atoms with Gasteiger partial charge in [0.15, 0.2) is 0 Å². The quantitative estimate of drug-likeness (QED) is 0.834. The number of sulfonamides is 1. The first kappa shape index (κ1) is 16.7. The van der Waals surface area contributed by atoms with Gasteiger partial charge in [-0.15, -0.1) is 0 Å². The lowest BCUT2D eigenvalue weighted by Crippen LogP contribution is -2.29. The highest BCUT2D eigenvalue weighted by molar-refractivity contribution is 7.89. The molecule has 0 bridgehead atoms. The van der Waals surface area contributed by atoms with Gasteiger partial charge in [-0.3, -0.25) is 0 Å². The fraction of sp³-hybridized carbons (Fsp3) is 0.571. The van der Waals surface area contributed by atoms with Crippen LogP contribution in [0.25, 0.3) is 0 Å². The second-order valence-corrected chi connectivity index (χ2v) is 7.81. The minimum Gasteiger partial charge on any atom is -0.310 e. The van der Waals surface area contributed by atoms with Gasteiger partial charge in [0.1, 0.15) is 10.7 Å². The summed E-state index contributed by atoms with van der Waals surface area (Å²) in [6.45, 7) is 2.49. The second-order valence-electron chi connectivity index (χ2n) is 5.36. The van der Waals surface area contributed by atoms with Gasteiger partial charge in [-0.1, -0.05) is 18.5 Å². The van der Waals surface area contributed by atoms with Crippen LogP contribution in [-0.4, -0.2) is 32.4 Å². The minimum absolute atomic E-state index is 0.229. The highest BCUT2D eigenvalue weighted by atomic mass is 35.5. The summed E-state index contributed by atoms with van der Waals surface area (Å²) in [7, 11) is -2.41. The Hall–Kier alpha value is -0.690. The third-order valence-electron chi connectivity index (χ3n) is 3.46. The second kappa shape index (κ2) is 6.60. The molecule has 0 radical (unpaired) electrons. The molecule has 7 heteroatoms. The van der Waals surface area contributed by atoms with E-state index in [0.29, 0.717) is 19.0 Å². The molecule has 0 spiro atoms. The molecule has 0 aliphatic heterocycles. The summed E-state index contributed by atoms with van der Waals surface area (Å²) >= 11 is 5.96. The molecule has 1 aromatic rings. The van der Waals surface area contributed by atoms with Crippen molar-refractivity contribution in [3.8, 4) is 0 Å². The average molecular weight is 335 g/mol. The van der Waals surface area contributed by atoms with E-state index in [1.807, 2.05) is 6.92 Å². The number of benzene rings is 1. The summed E-state index contributed by atoms with van der Waals surface area (Å²) in [6.07, 6.45) is 2.81. The molecule has 1 aromatic carbocycles. The maximum Gasteiger partial charge on any atom is 0.245 e. The van der Waals surface area contributed by atoms with Gasteiger partial charge >= 0.3 is 0 Å². The minimum atomic E-state index is -3.85. The van der Waals surface area contributed by atoms with E-state index in [2.05, 4.69) is 5.32 Å². The van der Waals surface area contributed by atoms with Gasteiger partial charge < -0.3 is 5.32 Å². The fourth-order valence-corrected chi connectivity index (χ4v) is 3.78. The molecule has 0 atom stereocenters. The van der Waals surface area contributed by atoms with Crippen LogP contribution in [0.1, 0.15) is 31.7 Å². The van der Waals surface area contributed by atoms with E-state index in [1.165, 1.54) is 19.2 Å². The van der Waals surface area contributed by atoms with Crippen LogP contribution in [0.2, 0.25) is 5.02 Å². The third-order valence-corrected chi connectivity index (χ3v) is 5.54. The first-order chi connectivity index (χ1) is 9.86. The molecule has 1 aliphatic carbocycles. The zero-order valence-electron chi connectivity index (χ0n) is 12.2. The lowest BCUT2D eigenvalue weighted by molar-refractivity contribution is 0.460. The summed E-state index contributed by atoms with van der Waals surface area (Å²) in [5.41, 5.74) is 0.290. The summed E-state index contributed by atoms with van der Waals surface area (Å²) < 4.78 is 40.5. The van der Waals surface area contributed by atoms with E-state index in [4.69, 9.17) is 11.6 Å². The van der Waals surface area contributed by atoms with Gasteiger partial charge in [-0.2, -0.15) is 0 Å². The first-order valence-electron chi connectivity index (χ1n) is 7.04. The SMILES string of the molecule is CCCN(C)S(=O)(=O)c1cc(Cl)cc(CNC2CC2)c1F. The van der Waals surface area contributed by atoms with Crippen molar-refractivity contribution in [2.24, 2.45) is 0 Å². The predicted molar refractivity (Wildman–Crippen MR) is 81.4 cm³/mol. The Morgan fingerprint density at radius 2 is 2.10 bits per heavy atom. The number of rotatable bonds is 7. The number of nitrogens with zero attached hydrogens (tertiary/aromatic N) is 1. The number of nitrogens with one attached hydrogen (secondary N) is 1. The van der Waals surface area contributed by atoms with Crippen LogP contribution in [0, 0.1) is 5.82 Å². The van der Waals surface area contributed by atoms with Crippen LogP contribution in [0.15, 0.2) is 17.0 Å². The first-order valence-corrected chi connectivity index (χ1v) is 8.85. The van der Waals surface area contributed by atoms with Crippen LogP contribution in [-0.2, 0) is 16.6 Å². The standard InChI is InChI=1S/C14H20ClFN2O2S/c1-3-6-18(2)21(19,20)13-8-11(15)7-10(14(13)16)9-17-12-4-5-12/h7-8,12,17H,3-6,9H2,1-2H3. The van der Waals surface area contributed by atoms with Crippen molar-refractivity contribution in [1.82, 2.24) is 9.62 Å². The largest absolute Gasteiger partial charge is 0.310 e. The van der Waals surface area contributed by atoms with Crippen molar-refractivity contribution < 1.29 is 12.8 Å². The summed E-state index contributed by atoms with van der Waals surface area (Å²) in [6, 6.07) is 3.07. The Morgan fingerprint density at radius 3 is 2.67 bits per heavy atom. The van der Waals surface area contributed by atoms with E-state index in [1.54, 1.807) is 0 Å². The molecule has 1 saturated carbocycles. The monoisotopic (exact) mass is 334 g/mol. The Bertz CT molecular complexity index is 618. The molecule has 1 fully saturated rings. The van der Waals surface area contributed by atoms with Crippen molar-refractivity contribution in [2.45, 2.75) is 43.7 Å². The summed E-state index contributed by atoms with van der Waals surface area (Å²) in [5.74, 6) is -0.712. The van der Waals surface area contributed by atoms with Crippen LogP contribution >= 0.6 is 11.6 Å². The van der Waals surface area contributed by atoms with Crippen LogP contribution in [0.4, 0.5) is 4.39 Å². The smallest absolute Gasteiger partial charge is 0.245 e. The molecular formula is C14H20ClFN2O2S. The average Bonchev–Trinajstić information content (AvgIpc) is 3.23. The normalized spacial score (nSPS) is 15.7. The molecule has 21 heavy (non-hydrogen) atoms. The molecule has 1 N–H and O–H groups in total. The highest BCUT2D eigenvalue weighted by Crippen LogP contribution is 2.27. The molecule has 0 aromatic heterocycles. The molecule has 0 unspecified atom stereocenters. The molecular weight excluding hydrogens is 315 g/mol. The molecule has 0 heterocycles. The van der Waals surface area contributed by atoms with Crippen molar-refractivity contribution in [3.63, 3.8) is 0 Å². The van der Waals surface area contributed by atoms with Crippen LogP contribution in [0.3, 0.4) is 0 Å². The number of hydrogen-bond donors (Lipinski definition) is 1. The highest BCUT2D eigenvalue weighted by Gasteiger charge is 2.27. The van der Waals surface area contributed by atoms with E-state index in [9.17, 15) is 12.8 Å². The zero-order valence-corrected chi connectivity index (χ0v) is 13.8. The summed E-state index contributed by atoms with van der Waals surface area (Å²) in [5, 5.41) is 3.40. The lowest BCUT2D eigenvalue weighted by Gasteiger charge is -2.18. The van der Waals surface area contributed by atoms with Crippen LogP contribution < -0.4 is 5.32 Å². The molecule has 0 amide bonds. The van der Waals surface area contributed by atoms with Gasteiger partial charge in [0, 0.05) is 36.8 Å². The van der Waals surface area contributed by atoms with Gasteiger partial charge in [0.2, 0.25) is 10.0 Å². The maximum absolute atomic E-state index is 14.5. The molecule has 1 aliphatic rings. The van der Waals surface area contributed by atoms with Crippen molar-refractivity contribution in [2.75, 3.05) is 13.6 Å². The summed E-state index contributed by atoms with van der Waals surface area (Å²) in [4.78, 5) is -0.349. The lowest BCUT2D eigenvalue weighted by atomic mass is 10.2. The molecule has 118 valence electrons. The molecule has 0 saturated heterocycles.